The van der Waals surface area contributed by atoms with Crippen molar-refractivity contribution < 1.29 is 0 Å². The van der Waals surface area contributed by atoms with E-state index in [-0.39, 0.29) is 0 Å². The van der Waals surface area contributed by atoms with Crippen LogP contribution in [0.15, 0.2) is 0 Å². The van der Waals surface area contributed by atoms with Gasteiger partial charge in [0.25, 0.3) is 0 Å². The highest BCUT2D eigenvalue weighted by atomic mass is 14.5. The Morgan fingerprint density at radius 3 is 1.93 bits per heavy atom. The van der Waals surface area contributed by atoms with Gasteiger partial charge in [0.1, 0.15) is 0 Å². The minimum atomic E-state index is 0.845. The molecule has 0 aromatic heterocycles. The number of unbranched alkanes of at least 4 members (excludes halogenated alkanes) is 2. The fraction of sp³-hybridized carbons (Fsp3) is 1.00. The Kier molecular flexibility index (Phi) is 10.9. The van der Waals surface area contributed by atoms with Crippen molar-refractivity contribution in [2.45, 2.75) is 58.3 Å². The molecule has 14 heavy (non-hydrogen) atoms. The summed E-state index contributed by atoms with van der Waals surface area (Å²) < 4.78 is 0. The van der Waals surface area contributed by atoms with Crippen molar-refractivity contribution in [3.63, 3.8) is 0 Å². The summed E-state index contributed by atoms with van der Waals surface area (Å²) in [6, 6.07) is 0. The Morgan fingerprint density at radius 1 is 0.786 bits per heavy atom. The highest BCUT2D eigenvalue weighted by molar-refractivity contribution is 4.61. The third-order valence-electron chi connectivity index (χ3n) is 2.85. The fourth-order valence-corrected chi connectivity index (χ4v) is 1.91. The minimum absolute atomic E-state index is 0.845. The van der Waals surface area contributed by atoms with Crippen LogP contribution in [-0.2, 0) is 0 Å². The average Bonchev–Trinajstić information content (AvgIpc) is 2.21. The van der Waals surface area contributed by atoms with Crippen LogP contribution < -0.4 is 11.5 Å². The van der Waals surface area contributed by atoms with Crippen molar-refractivity contribution in [3.05, 3.63) is 0 Å². The Hall–Kier alpha value is -0.0800. The fourth-order valence-electron chi connectivity index (χ4n) is 1.91. The molecule has 1 unspecified atom stereocenters. The molecule has 0 amide bonds. The molecule has 0 saturated heterocycles. The van der Waals surface area contributed by atoms with E-state index in [9.17, 15) is 0 Å². The first-order valence-corrected chi connectivity index (χ1v) is 6.25. The molecule has 0 saturated carbocycles. The van der Waals surface area contributed by atoms with Gasteiger partial charge in [-0.25, -0.2) is 0 Å². The van der Waals surface area contributed by atoms with Gasteiger partial charge in [-0.2, -0.15) is 0 Å². The second-order valence-corrected chi connectivity index (χ2v) is 4.22. The second kappa shape index (κ2) is 11.0. The molecule has 0 aliphatic heterocycles. The predicted octanol–water partition coefficient (Wildman–Crippen LogP) is 2.66. The normalized spacial score (nSPS) is 13.1. The zero-order valence-corrected chi connectivity index (χ0v) is 9.80. The van der Waals surface area contributed by atoms with Crippen LogP contribution in [-0.4, -0.2) is 13.1 Å². The van der Waals surface area contributed by atoms with Crippen molar-refractivity contribution in [3.8, 4) is 0 Å². The topological polar surface area (TPSA) is 52.0 Å². The van der Waals surface area contributed by atoms with Crippen LogP contribution >= 0.6 is 0 Å². The van der Waals surface area contributed by atoms with E-state index in [0.29, 0.717) is 0 Å². The van der Waals surface area contributed by atoms with E-state index in [4.69, 9.17) is 11.5 Å². The van der Waals surface area contributed by atoms with Crippen molar-refractivity contribution in [1.29, 1.82) is 0 Å². The molecule has 0 aliphatic carbocycles. The Bertz CT molecular complexity index is 96.5. The molecule has 0 aliphatic rings. The first-order chi connectivity index (χ1) is 6.85. The van der Waals surface area contributed by atoms with E-state index in [1.807, 2.05) is 0 Å². The van der Waals surface area contributed by atoms with Crippen molar-refractivity contribution in [1.82, 2.24) is 0 Å². The van der Waals surface area contributed by atoms with Gasteiger partial charge in [0.15, 0.2) is 0 Å². The SMILES string of the molecule is CCCCC(CCCN)CCCCN. The van der Waals surface area contributed by atoms with E-state index in [1.165, 1.54) is 51.4 Å². The van der Waals surface area contributed by atoms with Gasteiger partial charge in [-0.3, -0.25) is 0 Å². The Morgan fingerprint density at radius 2 is 1.36 bits per heavy atom. The summed E-state index contributed by atoms with van der Waals surface area (Å²) in [5.41, 5.74) is 11.0. The zero-order chi connectivity index (χ0) is 10.6. The quantitative estimate of drug-likeness (QED) is 0.533. The van der Waals surface area contributed by atoms with Gasteiger partial charge in [-0.1, -0.05) is 39.0 Å². The molecule has 1 atom stereocenters. The summed E-state index contributed by atoms with van der Waals surface area (Å²) in [5.74, 6) is 0.907. The number of nitrogens with two attached hydrogens (primary N) is 2. The monoisotopic (exact) mass is 200 g/mol. The highest BCUT2D eigenvalue weighted by Crippen LogP contribution is 2.20. The van der Waals surface area contributed by atoms with E-state index in [1.54, 1.807) is 0 Å². The van der Waals surface area contributed by atoms with Crippen LogP contribution in [0.1, 0.15) is 58.3 Å². The van der Waals surface area contributed by atoms with Crippen LogP contribution in [0, 0.1) is 5.92 Å². The van der Waals surface area contributed by atoms with E-state index >= 15 is 0 Å². The molecule has 0 fully saturated rings. The molecule has 0 aromatic carbocycles. The van der Waals surface area contributed by atoms with Crippen molar-refractivity contribution in [2.75, 3.05) is 13.1 Å². The standard InChI is InChI=1S/C12H28N2/c1-2-3-7-12(9-6-11-14)8-4-5-10-13/h12H,2-11,13-14H2,1H3. The van der Waals surface area contributed by atoms with Crippen LogP contribution in [0.5, 0.6) is 0 Å². The average molecular weight is 200 g/mol. The smallest absolute Gasteiger partial charge is 0.00772 e. The van der Waals surface area contributed by atoms with Crippen LogP contribution in [0.4, 0.5) is 0 Å². The third kappa shape index (κ3) is 8.52. The lowest BCUT2D eigenvalue weighted by atomic mass is 9.91. The second-order valence-electron chi connectivity index (χ2n) is 4.22. The van der Waals surface area contributed by atoms with E-state index < -0.39 is 0 Å². The maximum absolute atomic E-state index is 5.54. The molecule has 0 spiro atoms. The number of hydrogen-bond donors (Lipinski definition) is 2. The first kappa shape index (κ1) is 13.9. The minimum Gasteiger partial charge on any atom is -0.330 e. The predicted molar refractivity (Wildman–Crippen MR) is 64.2 cm³/mol. The molecule has 0 bridgehead atoms. The van der Waals surface area contributed by atoms with Gasteiger partial charge in [0, 0.05) is 0 Å². The molecule has 0 rings (SSSR count). The van der Waals surface area contributed by atoms with E-state index in [2.05, 4.69) is 6.92 Å². The summed E-state index contributed by atoms with van der Waals surface area (Å²) in [5, 5.41) is 0. The van der Waals surface area contributed by atoms with E-state index in [0.717, 1.165) is 19.0 Å². The lowest BCUT2D eigenvalue weighted by molar-refractivity contribution is 0.384. The van der Waals surface area contributed by atoms with Gasteiger partial charge in [-0.05, 0) is 38.3 Å². The number of rotatable bonds is 10. The molecule has 2 heteroatoms. The van der Waals surface area contributed by atoms with Crippen molar-refractivity contribution >= 4 is 0 Å². The largest absolute Gasteiger partial charge is 0.330 e. The van der Waals surface area contributed by atoms with Gasteiger partial charge in [0.2, 0.25) is 0 Å². The highest BCUT2D eigenvalue weighted by Gasteiger charge is 2.06. The van der Waals surface area contributed by atoms with Gasteiger partial charge < -0.3 is 11.5 Å². The lowest BCUT2D eigenvalue weighted by Gasteiger charge is -2.15. The summed E-state index contributed by atoms with van der Waals surface area (Å²) in [7, 11) is 0. The molecule has 2 nitrogen and oxygen atoms in total. The summed E-state index contributed by atoms with van der Waals surface area (Å²) in [6.07, 6.45) is 10.4. The third-order valence-corrected chi connectivity index (χ3v) is 2.85. The maximum atomic E-state index is 5.54. The molecular weight excluding hydrogens is 172 g/mol. The first-order valence-electron chi connectivity index (χ1n) is 6.25. The van der Waals surface area contributed by atoms with Crippen LogP contribution in [0.3, 0.4) is 0 Å². The van der Waals surface area contributed by atoms with Gasteiger partial charge >= 0.3 is 0 Å². The Balaban J connectivity index is 3.49. The zero-order valence-electron chi connectivity index (χ0n) is 9.80. The van der Waals surface area contributed by atoms with Crippen LogP contribution in [0.2, 0.25) is 0 Å². The summed E-state index contributed by atoms with van der Waals surface area (Å²) in [6.45, 7) is 3.96. The summed E-state index contributed by atoms with van der Waals surface area (Å²) >= 11 is 0. The van der Waals surface area contributed by atoms with Crippen molar-refractivity contribution in [2.24, 2.45) is 17.4 Å². The maximum Gasteiger partial charge on any atom is -0.00772 e. The summed E-state index contributed by atoms with van der Waals surface area (Å²) in [4.78, 5) is 0. The Labute approximate surface area is 89.4 Å². The molecule has 86 valence electrons. The molecule has 0 aromatic rings. The van der Waals surface area contributed by atoms with Gasteiger partial charge in [-0.15, -0.1) is 0 Å². The molecular formula is C12H28N2. The number of hydrogen-bond acceptors (Lipinski definition) is 2. The van der Waals surface area contributed by atoms with Gasteiger partial charge in [0.05, 0.1) is 0 Å². The molecule has 0 heterocycles. The lowest BCUT2D eigenvalue weighted by Crippen LogP contribution is -2.07. The van der Waals surface area contributed by atoms with Crippen LogP contribution in [0.25, 0.3) is 0 Å². The molecule has 4 N–H and O–H groups in total. The molecule has 0 radical (unpaired) electrons.